The molecular formula is C19H32N2O5. The van der Waals surface area contributed by atoms with Gasteiger partial charge >= 0.3 is 12.1 Å². The molecule has 7 nitrogen and oxygen atoms in total. The first-order chi connectivity index (χ1) is 12.1. The van der Waals surface area contributed by atoms with E-state index in [2.05, 4.69) is 10.6 Å². The number of carbonyl (C=O) groups excluding carboxylic acids is 2. The van der Waals surface area contributed by atoms with Crippen LogP contribution in [0.25, 0.3) is 0 Å². The lowest BCUT2D eigenvalue weighted by Gasteiger charge is -2.25. The quantitative estimate of drug-likeness (QED) is 0.669. The van der Waals surface area contributed by atoms with Crippen LogP contribution in [0.5, 0.6) is 0 Å². The largest absolute Gasteiger partial charge is 0.481 e. The van der Waals surface area contributed by atoms with Crippen molar-refractivity contribution in [3.8, 4) is 0 Å². The highest BCUT2D eigenvalue weighted by Gasteiger charge is 2.34. The molecule has 148 valence electrons. The lowest BCUT2D eigenvalue weighted by molar-refractivity contribution is -0.138. The zero-order valence-corrected chi connectivity index (χ0v) is 16.0. The maximum absolute atomic E-state index is 12.4. The average Bonchev–Trinajstić information content (AvgIpc) is 3.07. The molecule has 4 unspecified atom stereocenters. The number of ether oxygens (including phenoxy) is 1. The number of carbonyl (C=O) groups is 3. The van der Waals surface area contributed by atoms with E-state index < -0.39 is 17.7 Å². The molecule has 0 aromatic rings. The average molecular weight is 368 g/mol. The summed E-state index contributed by atoms with van der Waals surface area (Å²) in [6.45, 7) is 5.46. The molecule has 0 aromatic heterocycles. The highest BCUT2D eigenvalue weighted by molar-refractivity contribution is 5.77. The van der Waals surface area contributed by atoms with Crippen molar-refractivity contribution in [2.75, 3.05) is 0 Å². The highest BCUT2D eigenvalue weighted by atomic mass is 16.6. The Bertz CT molecular complexity index is 529. The van der Waals surface area contributed by atoms with Gasteiger partial charge in [-0.05, 0) is 58.3 Å². The van der Waals surface area contributed by atoms with Crippen molar-refractivity contribution >= 4 is 18.0 Å². The van der Waals surface area contributed by atoms with Crippen molar-refractivity contribution in [2.24, 2.45) is 11.8 Å². The minimum absolute atomic E-state index is 0.0238. The van der Waals surface area contributed by atoms with Gasteiger partial charge in [-0.1, -0.05) is 12.8 Å². The molecule has 2 rings (SSSR count). The SMILES string of the molecule is CC(C)(C)OC(=O)NC1CCCC1CC(=O)NC1CCCC1CC(=O)O. The Morgan fingerprint density at radius 2 is 1.46 bits per heavy atom. The molecule has 0 aliphatic heterocycles. The molecule has 2 aliphatic carbocycles. The van der Waals surface area contributed by atoms with E-state index in [9.17, 15) is 14.4 Å². The zero-order chi connectivity index (χ0) is 19.3. The maximum atomic E-state index is 12.4. The molecule has 0 heterocycles. The summed E-state index contributed by atoms with van der Waals surface area (Å²) in [5.74, 6) is -0.735. The topological polar surface area (TPSA) is 105 Å². The van der Waals surface area contributed by atoms with E-state index in [1.165, 1.54) is 0 Å². The Hall–Kier alpha value is -1.79. The Labute approximate surface area is 155 Å². The minimum atomic E-state index is -0.812. The number of alkyl carbamates (subject to hydrolysis) is 1. The summed E-state index contributed by atoms with van der Waals surface area (Å²) >= 11 is 0. The Morgan fingerprint density at radius 1 is 0.923 bits per heavy atom. The normalized spacial score (nSPS) is 28.6. The third-order valence-corrected chi connectivity index (χ3v) is 5.25. The number of carboxylic acids is 1. The summed E-state index contributed by atoms with van der Waals surface area (Å²) in [5, 5.41) is 14.9. The van der Waals surface area contributed by atoms with Crippen LogP contribution in [0.3, 0.4) is 0 Å². The van der Waals surface area contributed by atoms with Gasteiger partial charge in [0.05, 0.1) is 6.42 Å². The van der Waals surface area contributed by atoms with Gasteiger partial charge in [0.2, 0.25) is 5.91 Å². The molecule has 0 aromatic carbocycles. The second-order valence-electron chi connectivity index (χ2n) is 8.61. The van der Waals surface area contributed by atoms with E-state index in [0.717, 1.165) is 38.5 Å². The number of carboxylic acid groups (broad SMARTS) is 1. The van der Waals surface area contributed by atoms with Crippen molar-refractivity contribution in [1.29, 1.82) is 0 Å². The molecule has 4 atom stereocenters. The van der Waals surface area contributed by atoms with E-state index >= 15 is 0 Å². The molecule has 0 spiro atoms. The first kappa shape index (κ1) is 20.5. The molecule has 0 saturated heterocycles. The van der Waals surface area contributed by atoms with Crippen LogP contribution in [0.1, 0.15) is 72.1 Å². The first-order valence-corrected chi connectivity index (χ1v) is 9.64. The van der Waals surface area contributed by atoms with Gasteiger partial charge < -0.3 is 20.5 Å². The van der Waals surface area contributed by atoms with Crippen LogP contribution in [-0.2, 0) is 14.3 Å². The molecule has 7 heteroatoms. The Balaban J connectivity index is 1.81. The summed E-state index contributed by atoms with van der Waals surface area (Å²) in [4.78, 5) is 35.4. The Morgan fingerprint density at radius 3 is 2.00 bits per heavy atom. The number of hydrogen-bond acceptors (Lipinski definition) is 4. The van der Waals surface area contributed by atoms with Crippen molar-refractivity contribution in [3.63, 3.8) is 0 Å². The number of amides is 2. The summed E-state index contributed by atoms with van der Waals surface area (Å²) in [7, 11) is 0. The Kier molecular flexibility index (Phi) is 6.89. The molecule has 0 bridgehead atoms. The fraction of sp³-hybridized carbons (Fsp3) is 0.842. The summed E-state index contributed by atoms with van der Waals surface area (Å²) in [5.41, 5.74) is -0.544. The van der Waals surface area contributed by atoms with Crippen LogP contribution >= 0.6 is 0 Å². The minimum Gasteiger partial charge on any atom is -0.481 e. The van der Waals surface area contributed by atoms with Gasteiger partial charge in [-0.3, -0.25) is 9.59 Å². The summed E-state index contributed by atoms with van der Waals surface area (Å²) in [6, 6.07) is -0.0914. The van der Waals surface area contributed by atoms with Gasteiger partial charge in [-0.25, -0.2) is 4.79 Å². The predicted octanol–water partition coefficient (Wildman–Crippen LogP) is 2.83. The number of nitrogens with one attached hydrogen (secondary N) is 2. The molecule has 3 N–H and O–H groups in total. The maximum Gasteiger partial charge on any atom is 0.407 e. The molecule has 26 heavy (non-hydrogen) atoms. The van der Waals surface area contributed by atoms with E-state index in [-0.39, 0.29) is 36.2 Å². The number of rotatable bonds is 6. The van der Waals surface area contributed by atoms with Gasteiger partial charge in [0.25, 0.3) is 0 Å². The first-order valence-electron chi connectivity index (χ1n) is 9.64. The van der Waals surface area contributed by atoms with Gasteiger partial charge in [0.15, 0.2) is 0 Å². The lowest BCUT2D eigenvalue weighted by atomic mass is 9.97. The van der Waals surface area contributed by atoms with Gasteiger partial charge in [0.1, 0.15) is 5.60 Å². The predicted molar refractivity (Wildman–Crippen MR) is 96.6 cm³/mol. The third kappa shape index (κ3) is 6.50. The highest BCUT2D eigenvalue weighted by Crippen LogP contribution is 2.31. The fourth-order valence-electron chi connectivity index (χ4n) is 4.13. The van der Waals surface area contributed by atoms with Crippen LogP contribution in [-0.4, -0.2) is 40.8 Å². The standard InChI is InChI=1S/C19H32N2O5/c1-19(2,3)26-18(25)21-15-9-4-6-12(15)10-16(22)20-14-8-5-7-13(14)11-17(23)24/h12-15H,4-11H2,1-3H3,(H,20,22)(H,21,25)(H,23,24). The smallest absolute Gasteiger partial charge is 0.407 e. The van der Waals surface area contributed by atoms with Crippen LogP contribution < -0.4 is 10.6 Å². The molecule has 2 fully saturated rings. The van der Waals surface area contributed by atoms with E-state index in [1.807, 2.05) is 20.8 Å². The second kappa shape index (κ2) is 8.73. The van der Waals surface area contributed by atoms with E-state index in [1.54, 1.807) is 0 Å². The van der Waals surface area contributed by atoms with Crippen molar-refractivity contribution < 1.29 is 24.2 Å². The monoisotopic (exact) mass is 368 g/mol. The van der Waals surface area contributed by atoms with Crippen LogP contribution in [0.2, 0.25) is 0 Å². The van der Waals surface area contributed by atoms with E-state index in [0.29, 0.717) is 6.42 Å². The number of hydrogen-bond donors (Lipinski definition) is 3. The molecule has 2 amide bonds. The lowest BCUT2D eigenvalue weighted by Crippen LogP contribution is -2.43. The molecule has 2 saturated carbocycles. The molecular weight excluding hydrogens is 336 g/mol. The fourth-order valence-corrected chi connectivity index (χ4v) is 4.13. The van der Waals surface area contributed by atoms with Gasteiger partial charge in [-0.15, -0.1) is 0 Å². The third-order valence-electron chi connectivity index (χ3n) is 5.25. The van der Waals surface area contributed by atoms with Crippen LogP contribution in [0.4, 0.5) is 4.79 Å². The summed E-state index contributed by atoms with van der Waals surface area (Å²) < 4.78 is 5.31. The van der Waals surface area contributed by atoms with Crippen LogP contribution in [0, 0.1) is 11.8 Å². The van der Waals surface area contributed by atoms with Gasteiger partial charge in [-0.2, -0.15) is 0 Å². The second-order valence-corrected chi connectivity index (χ2v) is 8.61. The van der Waals surface area contributed by atoms with Crippen molar-refractivity contribution in [3.05, 3.63) is 0 Å². The number of aliphatic carboxylic acids is 1. The zero-order valence-electron chi connectivity index (χ0n) is 16.0. The molecule has 2 aliphatic rings. The van der Waals surface area contributed by atoms with Gasteiger partial charge in [0, 0.05) is 18.5 Å². The van der Waals surface area contributed by atoms with Crippen molar-refractivity contribution in [1.82, 2.24) is 10.6 Å². The van der Waals surface area contributed by atoms with Crippen LogP contribution in [0.15, 0.2) is 0 Å². The van der Waals surface area contributed by atoms with Crippen molar-refractivity contribution in [2.45, 2.75) is 89.8 Å². The van der Waals surface area contributed by atoms with E-state index in [4.69, 9.17) is 9.84 Å². The molecule has 0 radical (unpaired) electrons. The summed E-state index contributed by atoms with van der Waals surface area (Å²) in [6.07, 6.45) is 5.40.